The van der Waals surface area contributed by atoms with Crippen molar-refractivity contribution in [1.82, 2.24) is 4.90 Å². The smallest absolute Gasteiger partial charge is 0.337 e. The minimum Gasteiger partial charge on any atom is -0.495 e. The standard InChI is InChI=1S/C19H13Cl3N2O4S/c1-24-17(25)15(6-9-5-10(20)7-14(22)16(9)28-2)29-19(24)23-11-3-4-13(21)12(8-11)18(26)27/h3-8H,1-2H3,(H,26,27)/b15-6-,23-19?. The van der Waals surface area contributed by atoms with E-state index in [-0.39, 0.29) is 16.5 Å². The summed E-state index contributed by atoms with van der Waals surface area (Å²) in [5, 5.41) is 10.4. The first-order valence-corrected chi connectivity index (χ1v) is 9.98. The molecule has 2 aromatic rings. The van der Waals surface area contributed by atoms with Gasteiger partial charge >= 0.3 is 5.97 Å². The van der Waals surface area contributed by atoms with E-state index in [4.69, 9.17) is 39.5 Å². The van der Waals surface area contributed by atoms with Crippen molar-refractivity contribution < 1.29 is 19.4 Å². The molecular weight excluding hydrogens is 459 g/mol. The number of rotatable bonds is 4. The summed E-state index contributed by atoms with van der Waals surface area (Å²) in [6.07, 6.45) is 1.62. The first-order chi connectivity index (χ1) is 13.7. The van der Waals surface area contributed by atoms with Gasteiger partial charge in [0.15, 0.2) is 5.17 Å². The number of hydrogen-bond donors (Lipinski definition) is 1. The Morgan fingerprint density at radius 1 is 1.21 bits per heavy atom. The number of halogens is 3. The van der Waals surface area contributed by atoms with Crippen molar-refractivity contribution in [2.45, 2.75) is 0 Å². The number of likely N-dealkylation sites (N-methyl/N-ethyl adjacent to an activating group) is 1. The SMILES string of the molecule is COc1c(Cl)cc(Cl)cc1/C=C1\SC(=Nc2ccc(Cl)c(C(=O)O)c2)N(C)C1=O. The van der Waals surface area contributed by atoms with Crippen LogP contribution < -0.4 is 4.74 Å². The van der Waals surface area contributed by atoms with Crippen molar-refractivity contribution in [3.63, 3.8) is 0 Å². The van der Waals surface area contributed by atoms with Crippen LogP contribution in [0, 0.1) is 0 Å². The number of amidine groups is 1. The molecule has 1 heterocycles. The van der Waals surface area contributed by atoms with Crippen molar-refractivity contribution >= 4 is 75.4 Å². The number of aromatic carboxylic acids is 1. The Hall–Kier alpha value is -2.19. The highest BCUT2D eigenvalue weighted by Gasteiger charge is 2.31. The first kappa shape index (κ1) is 21.5. The number of nitrogens with zero attached hydrogens (tertiary/aromatic N) is 2. The van der Waals surface area contributed by atoms with Crippen LogP contribution in [0.5, 0.6) is 5.75 Å². The summed E-state index contributed by atoms with van der Waals surface area (Å²) >= 11 is 19.2. The molecule has 0 aliphatic carbocycles. The second kappa shape index (κ2) is 8.67. The number of benzene rings is 2. The number of methoxy groups -OCH3 is 1. The lowest BCUT2D eigenvalue weighted by Gasteiger charge is -2.08. The summed E-state index contributed by atoms with van der Waals surface area (Å²) in [5.74, 6) is -1.04. The summed E-state index contributed by atoms with van der Waals surface area (Å²) < 4.78 is 5.31. The quantitative estimate of drug-likeness (QED) is 0.588. The summed E-state index contributed by atoms with van der Waals surface area (Å²) in [4.78, 5) is 30.0. The fourth-order valence-corrected chi connectivity index (χ4v) is 4.32. The van der Waals surface area contributed by atoms with E-state index < -0.39 is 5.97 Å². The largest absolute Gasteiger partial charge is 0.495 e. The number of aliphatic imine (C=N–C) groups is 1. The molecule has 0 saturated carbocycles. The van der Waals surface area contributed by atoms with Crippen LogP contribution in [0.15, 0.2) is 40.2 Å². The van der Waals surface area contributed by atoms with Gasteiger partial charge in [-0.05, 0) is 48.2 Å². The second-order valence-electron chi connectivity index (χ2n) is 5.85. The first-order valence-electron chi connectivity index (χ1n) is 8.03. The number of amides is 1. The molecule has 1 aliphatic heterocycles. The molecule has 3 rings (SSSR count). The number of carbonyl (C=O) groups is 2. The van der Waals surface area contributed by atoms with E-state index in [1.165, 1.54) is 24.1 Å². The van der Waals surface area contributed by atoms with Crippen LogP contribution in [0.2, 0.25) is 15.1 Å². The topological polar surface area (TPSA) is 79.2 Å². The Bertz CT molecular complexity index is 1090. The van der Waals surface area contributed by atoms with Crippen molar-refractivity contribution in [3.05, 3.63) is 61.4 Å². The summed E-state index contributed by atoms with van der Waals surface area (Å²) in [6.45, 7) is 0. The lowest BCUT2D eigenvalue weighted by molar-refractivity contribution is -0.121. The molecule has 1 fully saturated rings. The van der Waals surface area contributed by atoms with Gasteiger partial charge < -0.3 is 9.84 Å². The van der Waals surface area contributed by atoms with Crippen molar-refractivity contribution in [3.8, 4) is 5.75 Å². The third-order valence-electron chi connectivity index (χ3n) is 3.94. The summed E-state index contributed by atoms with van der Waals surface area (Å²) in [5.41, 5.74) is 0.841. The van der Waals surface area contributed by atoms with E-state index in [2.05, 4.69) is 4.99 Å². The molecule has 1 N–H and O–H groups in total. The second-order valence-corrected chi connectivity index (χ2v) is 8.11. The van der Waals surface area contributed by atoms with Crippen molar-refractivity contribution in [2.24, 2.45) is 4.99 Å². The number of hydrogen-bond acceptors (Lipinski definition) is 5. The molecule has 0 unspecified atom stereocenters. The van der Waals surface area contributed by atoms with Crippen LogP contribution in [0.4, 0.5) is 5.69 Å². The van der Waals surface area contributed by atoms with E-state index in [0.29, 0.717) is 37.1 Å². The van der Waals surface area contributed by atoms with E-state index in [1.807, 2.05) is 0 Å². The average molecular weight is 472 g/mol. The van der Waals surface area contributed by atoms with Gasteiger partial charge in [0.2, 0.25) is 0 Å². The predicted molar refractivity (Wildman–Crippen MR) is 117 cm³/mol. The van der Waals surface area contributed by atoms with Crippen LogP contribution in [0.25, 0.3) is 6.08 Å². The van der Waals surface area contributed by atoms with Crippen molar-refractivity contribution in [2.75, 3.05) is 14.2 Å². The van der Waals surface area contributed by atoms with Gasteiger partial charge in [-0.3, -0.25) is 9.69 Å². The van der Waals surface area contributed by atoms with Gasteiger partial charge in [0.05, 0.1) is 33.3 Å². The molecule has 0 spiro atoms. The molecule has 10 heteroatoms. The molecule has 1 aliphatic rings. The van der Waals surface area contributed by atoms with Crippen molar-refractivity contribution in [1.29, 1.82) is 0 Å². The van der Waals surface area contributed by atoms with Gasteiger partial charge in [-0.25, -0.2) is 9.79 Å². The zero-order valence-corrected chi connectivity index (χ0v) is 18.2. The maximum atomic E-state index is 12.6. The Morgan fingerprint density at radius 3 is 2.59 bits per heavy atom. The fourth-order valence-electron chi connectivity index (χ4n) is 2.55. The highest BCUT2D eigenvalue weighted by Crippen LogP contribution is 2.38. The van der Waals surface area contributed by atoms with Gasteiger partial charge in [0.1, 0.15) is 5.75 Å². The number of carboxylic acids is 1. The highest BCUT2D eigenvalue weighted by molar-refractivity contribution is 8.18. The molecule has 1 saturated heterocycles. The number of ether oxygens (including phenoxy) is 1. The van der Waals surface area contributed by atoms with E-state index in [1.54, 1.807) is 31.3 Å². The van der Waals surface area contributed by atoms with Gasteiger partial charge in [0, 0.05) is 17.6 Å². The van der Waals surface area contributed by atoms with Crippen LogP contribution in [0.1, 0.15) is 15.9 Å². The lowest BCUT2D eigenvalue weighted by atomic mass is 10.2. The molecule has 0 aromatic heterocycles. The van der Waals surface area contributed by atoms with Crippen LogP contribution in [-0.2, 0) is 4.79 Å². The average Bonchev–Trinajstić information content (AvgIpc) is 2.90. The maximum absolute atomic E-state index is 12.6. The molecule has 0 bridgehead atoms. The molecule has 0 radical (unpaired) electrons. The molecule has 2 aromatic carbocycles. The Kier molecular flexibility index (Phi) is 6.43. The van der Waals surface area contributed by atoms with Gasteiger partial charge in [-0.1, -0.05) is 34.8 Å². The fraction of sp³-hybridized carbons (Fsp3) is 0.105. The predicted octanol–water partition coefficient (Wildman–Crippen LogP) is 5.59. The van der Waals surface area contributed by atoms with E-state index in [0.717, 1.165) is 11.8 Å². The number of carboxylic acid groups (broad SMARTS) is 1. The molecule has 1 amide bonds. The zero-order chi connectivity index (χ0) is 21.3. The Balaban J connectivity index is 1.99. The minimum atomic E-state index is -1.16. The summed E-state index contributed by atoms with van der Waals surface area (Å²) in [6, 6.07) is 7.55. The maximum Gasteiger partial charge on any atom is 0.337 e. The molecule has 29 heavy (non-hydrogen) atoms. The minimum absolute atomic E-state index is 0.0698. The lowest BCUT2D eigenvalue weighted by Crippen LogP contribution is -2.23. The molecular formula is C19H13Cl3N2O4S. The van der Waals surface area contributed by atoms with E-state index in [9.17, 15) is 14.7 Å². The Labute approximate surface area is 185 Å². The third kappa shape index (κ3) is 4.53. The van der Waals surface area contributed by atoms with Crippen LogP contribution in [-0.4, -0.2) is 41.2 Å². The number of carbonyl (C=O) groups excluding carboxylic acids is 1. The van der Waals surface area contributed by atoms with Gasteiger partial charge in [0.25, 0.3) is 5.91 Å². The third-order valence-corrected chi connectivity index (χ3v) is 5.83. The molecule has 0 atom stereocenters. The molecule has 6 nitrogen and oxygen atoms in total. The van der Waals surface area contributed by atoms with Gasteiger partial charge in [-0.15, -0.1) is 0 Å². The van der Waals surface area contributed by atoms with Crippen LogP contribution >= 0.6 is 46.6 Å². The highest BCUT2D eigenvalue weighted by atomic mass is 35.5. The normalized spacial score (nSPS) is 16.7. The zero-order valence-electron chi connectivity index (χ0n) is 15.1. The summed E-state index contributed by atoms with van der Waals surface area (Å²) in [7, 11) is 3.05. The number of thioether (sulfide) groups is 1. The van der Waals surface area contributed by atoms with E-state index >= 15 is 0 Å². The van der Waals surface area contributed by atoms with Crippen LogP contribution in [0.3, 0.4) is 0 Å². The Morgan fingerprint density at radius 2 is 1.93 bits per heavy atom. The monoisotopic (exact) mass is 470 g/mol. The molecule has 150 valence electrons. The van der Waals surface area contributed by atoms with Gasteiger partial charge in [-0.2, -0.15) is 0 Å².